The maximum atomic E-state index is 12.0. The van der Waals surface area contributed by atoms with Gasteiger partial charge < -0.3 is 11.1 Å². The van der Waals surface area contributed by atoms with Gasteiger partial charge >= 0.3 is 0 Å². The topological polar surface area (TPSA) is 96.7 Å². The summed E-state index contributed by atoms with van der Waals surface area (Å²) in [4.78, 5) is 16.3. The van der Waals surface area contributed by atoms with Crippen molar-refractivity contribution in [3.8, 4) is 0 Å². The monoisotopic (exact) mass is 295 g/mol. The zero-order valence-corrected chi connectivity index (χ0v) is 12.5. The van der Waals surface area contributed by atoms with Gasteiger partial charge in [-0.1, -0.05) is 11.8 Å². The van der Waals surface area contributed by atoms with Gasteiger partial charge in [0.25, 0.3) is 0 Å². The number of aromatic nitrogens is 3. The zero-order valence-electron chi connectivity index (χ0n) is 11.7. The van der Waals surface area contributed by atoms with E-state index in [1.165, 1.54) is 0 Å². The van der Waals surface area contributed by atoms with E-state index in [0.717, 1.165) is 49.5 Å². The molecule has 6 nitrogen and oxygen atoms in total. The molecule has 2 aliphatic carbocycles. The lowest BCUT2D eigenvalue weighted by Crippen LogP contribution is -2.59. The number of hydrogen-bond acceptors (Lipinski definition) is 5. The number of nitrogens with one attached hydrogen (secondary N) is 2. The molecule has 0 radical (unpaired) electrons. The molecule has 7 heteroatoms. The van der Waals surface area contributed by atoms with Crippen LogP contribution in [-0.2, 0) is 4.79 Å². The summed E-state index contributed by atoms with van der Waals surface area (Å²) in [5.41, 5.74) is 5.16. The van der Waals surface area contributed by atoms with E-state index < -0.39 is 5.54 Å². The standard InChI is InChI=1S/C13H21N5OS/c1-8-15-12(18-17-8)20-10-3-2-6-13(7-10,11(14)19)16-9-4-5-9/h9-10,16H,2-7H2,1H3,(H2,14,19)(H,15,17,18). The molecule has 0 aromatic carbocycles. The van der Waals surface area contributed by atoms with E-state index in [1.807, 2.05) is 6.92 Å². The zero-order chi connectivity index (χ0) is 14.2. The summed E-state index contributed by atoms with van der Waals surface area (Å²) in [5.74, 6) is 0.612. The maximum Gasteiger partial charge on any atom is 0.237 e. The van der Waals surface area contributed by atoms with Gasteiger partial charge in [-0.25, -0.2) is 4.98 Å². The molecule has 1 aromatic rings. The van der Waals surface area contributed by atoms with E-state index in [-0.39, 0.29) is 5.91 Å². The summed E-state index contributed by atoms with van der Waals surface area (Å²) < 4.78 is 0. The van der Waals surface area contributed by atoms with Gasteiger partial charge in [-0.15, -0.1) is 5.10 Å². The largest absolute Gasteiger partial charge is 0.368 e. The lowest BCUT2D eigenvalue weighted by Gasteiger charge is -2.39. The van der Waals surface area contributed by atoms with Crippen LogP contribution in [0.1, 0.15) is 44.3 Å². The van der Waals surface area contributed by atoms with Crippen molar-refractivity contribution in [3.05, 3.63) is 5.82 Å². The van der Waals surface area contributed by atoms with Crippen molar-refractivity contribution in [2.24, 2.45) is 5.73 Å². The van der Waals surface area contributed by atoms with E-state index in [4.69, 9.17) is 5.73 Å². The molecular weight excluding hydrogens is 274 g/mol. The van der Waals surface area contributed by atoms with Crippen LogP contribution in [0.15, 0.2) is 5.16 Å². The molecule has 2 saturated carbocycles. The maximum absolute atomic E-state index is 12.0. The highest BCUT2D eigenvalue weighted by Crippen LogP contribution is 2.39. The molecule has 0 spiro atoms. The van der Waals surface area contributed by atoms with Crippen LogP contribution in [0, 0.1) is 6.92 Å². The second-order valence-corrected chi connectivity index (χ2v) is 7.17. The lowest BCUT2D eigenvalue weighted by atomic mass is 9.80. The van der Waals surface area contributed by atoms with Crippen LogP contribution in [-0.4, -0.2) is 37.9 Å². The Kier molecular flexibility index (Phi) is 3.72. The number of H-pyrrole nitrogens is 1. The molecule has 2 unspecified atom stereocenters. The van der Waals surface area contributed by atoms with Crippen molar-refractivity contribution in [3.63, 3.8) is 0 Å². The van der Waals surface area contributed by atoms with Crippen molar-refractivity contribution >= 4 is 17.7 Å². The van der Waals surface area contributed by atoms with Crippen molar-refractivity contribution in [2.45, 2.75) is 67.4 Å². The highest BCUT2D eigenvalue weighted by molar-refractivity contribution is 7.99. The van der Waals surface area contributed by atoms with Crippen molar-refractivity contribution in [1.29, 1.82) is 0 Å². The Labute approximate surface area is 122 Å². The lowest BCUT2D eigenvalue weighted by molar-refractivity contribution is -0.125. The van der Waals surface area contributed by atoms with Gasteiger partial charge in [-0.3, -0.25) is 9.89 Å². The molecule has 1 heterocycles. The van der Waals surface area contributed by atoms with Gasteiger partial charge in [0.05, 0.1) is 5.54 Å². The van der Waals surface area contributed by atoms with Crippen molar-refractivity contribution in [1.82, 2.24) is 20.5 Å². The van der Waals surface area contributed by atoms with Gasteiger partial charge in [0.1, 0.15) is 5.82 Å². The average Bonchev–Trinajstić information content (AvgIpc) is 3.11. The Bertz CT molecular complexity index is 501. The summed E-state index contributed by atoms with van der Waals surface area (Å²) >= 11 is 1.65. The molecule has 1 aromatic heterocycles. The number of carbonyl (C=O) groups excluding carboxylic acids is 1. The van der Waals surface area contributed by atoms with Crippen LogP contribution in [0.4, 0.5) is 0 Å². The van der Waals surface area contributed by atoms with E-state index >= 15 is 0 Å². The van der Waals surface area contributed by atoms with Gasteiger partial charge in [-0.05, 0) is 45.4 Å². The first-order chi connectivity index (χ1) is 9.57. The van der Waals surface area contributed by atoms with Crippen molar-refractivity contribution < 1.29 is 4.79 Å². The quantitative estimate of drug-likeness (QED) is 0.756. The summed E-state index contributed by atoms with van der Waals surface area (Å²) in [6.07, 6.45) is 6.04. The summed E-state index contributed by atoms with van der Waals surface area (Å²) in [6.45, 7) is 1.89. The Balaban J connectivity index is 1.68. The molecule has 2 fully saturated rings. The van der Waals surface area contributed by atoms with Crippen LogP contribution >= 0.6 is 11.8 Å². The molecule has 1 amide bonds. The predicted molar refractivity (Wildman–Crippen MR) is 77.3 cm³/mol. The number of aryl methyl sites for hydroxylation is 1. The fourth-order valence-corrected chi connectivity index (χ4v) is 4.13. The smallest absolute Gasteiger partial charge is 0.237 e. The minimum Gasteiger partial charge on any atom is -0.368 e. The number of hydrogen-bond donors (Lipinski definition) is 3. The summed E-state index contributed by atoms with van der Waals surface area (Å²) in [5, 5.41) is 11.6. The van der Waals surface area contributed by atoms with Gasteiger partial charge in [0, 0.05) is 11.3 Å². The number of nitrogens with zero attached hydrogens (tertiary/aromatic N) is 2. The molecule has 0 saturated heterocycles. The highest BCUT2D eigenvalue weighted by Gasteiger charge is 2.44. The molecular formula is C13H21N5OS. The Morgan fingerprint density at radius 1 is 1.50 bits per heavy atom. The van der Waals surface area contributed by atoms with Crippen LogP contribution in [0.5, 0.6) is 0 Å². The van der Waals surface area contributed by atoms with E-state index in [2.05, 4.69) is 20.5 Å². The van der Waals surface area contributed by atoms with Crippen LogP contribution in [0.2, 0.25) is 0 Å². The first-order valence-corrected chi connectivity index (χ1v) is 8.09. The number of primary amides is 1. The molecule has 2 aliphatic rings. The van der Waals surface area contributed by atoms with E-state index in [0.29, 0.717) is 11.3 Å². The fraction of sp³-hybridized carbons (Fsp3) is 0.769. The first kappa shape index (κ1) is 13.9. The number of thioether (sulfide) groups is 1. The molecule has 0 bridgehead atoms. The van der Waals surface area contributed by atoms with Gasteiger partial charge in [-0.2, -0.15) is 0 Å². The number of rotatable bonds is 5. The first-order valence-electron chi connectivity index (χ1n) is 7.21. The molecule has 4 N–H and O–H groups in total. The normalized spacial score (nSPS) is 30.4. The minimum atomic E-state index is -0.525. The van der Waals surface area contributed by atoms with E-state index in [9.17, 15) is 4.79 Å². The highest BCUT2D eigenvalue weighted by atomic mass is 32.2. The fourth-order valence-electron chi connectivity index (χ4n) is 2.89. The summed E-state index contributed by atoms with van der Waals surface area (Å²) in [7, 11) is 0. The number of amides is 1. The van der Waals surface area contributed by atoms with Crippen molar-refractivity contribution in [2.75, 3.05) is 0 Å². The minimum absolute atomic E-state index is 0.208. The third kappa shape index (κ3) is 2.98. The molecule has 3 rings (SSSR count). The third-order valence-corrected chi connectivity index (χ3v) is 5.21. The van der Waals surface area contributed by atoms with E-state index in [1.54, 1.807) is 11.8 Å². The van der Waals surface area contributed by atoms with Crippen LogP contribution in [0.25, 0.3) is 0 Å². The van der Waals surface area contributed by atoms with Gasteiger partial charge in [0.2, 0.25) is 11.1 Å². The Morgan fingerprint density at radius 2 is 2.30 bits per heavy atom. The third-order valence-electron chi connectivity index (χ3n) is 4.08. The Morgan fingerprint density at radius 3 is 2.90 bits per heavy atom. The molecule has 110 valence electrons. The average molecular weight is 295 g/mol. The molecule has 20 heavy (non-hydrogen) atoms. The number of aromatic amines is 1. The van der Waals surface area contributed by atoms with Gasteiger partial charge in [0.15, 0.2) is 0 Å². The number of carbonyl (C=O) groups is 1. The second-order valence-electron chi connectivity index (χ2n) is 5.90. The second kappa shape index (κ2) is 5.37. The molecule has 2 atom stereocenters. The molecule has 0 aliphatic heterocycles. The number of nitrogens with two attached hydrogens (primary N) is 1. The van der Waals surface area contributed by atoms with Crippen LogP contribution < -0.4 is 11.1 Å². The van der Waals surface area contributed by atoms with Crippen LogP contribution in [0.3, 0.4) is 0 Å². The SMILES string of the molecule is Cc1nc(SC2CCCC(NC3CC3)(C(N)=O)C2)n[nH]1. The predicted octanol–water partition coefficient (Wildman–Crippen LogP) is 1.12. The summed E-state index contributed by atoms with van der Waals surface area (Å²) in [6, 6.07) is 0.483. The Hall–Kier alpha value is -1.08.